The molecule has 1 aromatic rings. The van der Waals surface area contributed by atoms with Crippen LogP contribution in [0.3, 0.4) is 0 Å². The second kappa shape index (κ2) is 8.23. The molecular weight excluding hydrogens is 324 g/mol. The number of nitrogens with one attached hydrogen (secondary N) is 2. The van der Waals surface area contributed by atoms with Crippen molar-refractivity contribution in [3.8, 4) is 18.1 Å². The molecule has 2 N–H and O–H groups in total. The van der Waals surface area contributed by atoms with Crippen LogP contribution in [0.15, 0.2) is 28.7 Å². The molecule has 0 saturated heterocycles. The quantitative estimate of drug-likeness (QED) is 0.763. The maximum Gasteiger partial charge on any atom is 0.261 e. The van der Waals surface area contributed by atoms with Gasteiger partial charge in [-0.2, -0.15) is 0 Å². The van der Waals surface area contributed by atoms with Gasteiger partial charge in [0.1, 0.15) is 5.75 Å². The first-order valence-electron chi connectivity index (χ1n) is 5.93. The Morgan fingerprint density at radius 1 is 1.40 bits per heavy atom. The highest BCUT2D eigenvalue weighted by Gasteiger charge is 2.16. The molecule has 0 bridgehead atoms. The lowest BCUT2D eigenvalue weighted by Gasteiger charge is -2.15. The number of hydrogen-bond acceptors (Lipinski definition) is 3. The van der Waals surface area contributed by atoms with Crippen LogP contribution in [0.1, 0.15) is 6.92 Å². The van der Waals surface area contributed by atoms with Gasteiger partial charge in [-0.1, -0.05) is 18.1 Å². The second-order valence-electron chi connectivity index (χ2n) is 3.89. The van der Waals surface area contributed by atoms with Crippen molar-refractivity contribution in [1.82, 2.24) is 10.6 Å². The summed E-state index contributed by atoms with van der Waals surface area (Å²) in [7, 11) is 0. The minimum absolute atomic E-state index is 0.135. The molecular formula is C14H15BrN2O3. The molecule has 1 atom stereocenters. The SMILES string of the molecule is C#CCNC(=O)CNC(=O)[C@@H](C)Oc1ccccc1Br. The molecule has 1 aromatic carbocycles. The lowest BCUT2D eigenvalue weighted by atomic mass is 10.3. The molecule has 0 radical (unpaired) electrons. The van der Waals surface area contributed by atoms with Gasteiger partial charge in [0, 0.05) is 0 Å². The Morgan fingerprint density at radius 2 is 2.10 bits per heavy atom. The largest absolute Gasteiger partial charge is 0.480 e. The Kier molecular flexibility index (Phi) is 6.60. The van der Waals surface area contributed by atoms with Gasteiger partial charge < -0.3 is 15.4 Å². The van der Waals surface area contributed by atoms with Crippen LogP contribution in [0, 0.1) is 12.3 Å². The molecule has 0 aliphatic carbocycles. The summed E-state index contributed by atoms with van der Waals surface area (Å²) in [6, 6.07) is 7.20. The molecule has 20 heavy (non-hydrogen) atoms. The molecule has 0 aliphatic heterocycles. The summed E-state index contributed by atoms with van der Waals surface area (Å²) < 4.78 is 6.25. The van der Waals surface area contributed by atoms with E-state index in [4.69, 9.17) is 11.2 Å². The van der Waals surface area contributed by atoms with E-state index < -0.39 is 6.10 Å². The Morgan fingerprint density at radius 3 is 2.75 bits per heavy atom. The van der Waals surface area contributed by atoms with Crippen molar-refractivity contribution in [2.75, 3.05) is 13.1 Å². The van der Waals surface area contributed by atoms with Crippen molar-refractivity contribution in [3.63, 3.8) is 0 Å². The van der Waals surface area contributed by atoms with E-state index in [2.05, 4.69) is 32.5 Å². The normalized spacial score (nSPS) is 11.1. The smallest absolute Gasteiger partial charge is 0.261 e. The van der Waals surface area contributed by atoms with E-state index in [-0.39, 0.29) is 24.9 Å². The highest BCUT2D eigenvalue weighted by Crippen LogP contribution is 2.24. The minimum Gasteiger partial charge on any atom is -0.480 e. The third-order valence-electron chi connectivity index (χ3n) is 2.32. The van der Waals surface area contributed by atoms with Crippen molar-refractivity contribution >= 4 is 27.7 Å². The van der Waals surface area contributed by atoms with Gasteiger partial charge in [-0.05, 0) is 35.0 Å². The van der Waals surface area contributed by atoms with Crippen molar-refractivity contribution in [1.29, 1.82) is 0 Å². The van der Waals surface area contributed by atoms with Gasteiger partial charge in [-0.25, -0.2) is 0 Å². The first-order chi connectivity index (χ1) is 9.54. The van der Waals surface area contributed by atoms with Gasteiger partial charge >= 0.3 is 0 Å². The summed E-state index contributed by atoms with van der Waals surface area (Å²) in [5, 5.41) is 4.92. The van der Waals surface area contributed by atoms with Crippen molar-refractivity contribution in [3.05, 3.63) is 28.7 Å². The molecule has 5 nitrogen and oxygen atoms in total. The predicted octanol–water partition coefficient (Wildman–Crippen LogP) is 1.08. The highest BCUT2D eigenvalue weighted by atomic mass is 79.9. The first-order valence-corrected chi connectivity index (χ1v) is 6.73. The maximum atomic E-state index is 11.8. The molecule has 2 amide bonds. The summed E-state index contributed by atoms with van der Waals surface area (Å²) in [5.74, 6) is 2.11. The molecule has 0 saturated carbocycles. The van der Waals surface area contributed by atoms with Gasteiger partial charge in [-0.3, -0.25) is 9.59 Å². The average Bonchev–Trinajstić information content (AvgIpc) is 2.44. The van der Waals surface area contributed by atoms with E-state index in [0.717, 1.165) is 4.47 Å². The van der Waals surface area contributed by atoms with E-state index >= 15 is 0 Å². The fraction of sp³-hybridized carbons (Fsp3) is 0.286. The Hall–Kier alpha value is -2.00. The summed E-state index contributed by atoms with van der Waals surface area (Å²) in [6.45, 7) is 1.61. The summed E-state index contributed by atoms with van der Waals surface area (Å²) >= 11 is 3.32. The number of halogens is 1. The topological polar surface area (TPSA) is 67.4 Å². The molecule has 0 aromatic heterocycles. The number of carbonyl (C=O) groups excluding carboxylic acids is 2. The summed E-state index contributed by atoms with van der Waals surface area (Å²) in [5.41, 5.74) is 0. The third-order valence-corrected chi connectivity index (χ3v) is 2.98. The average molecular weight is 339 g/mol. The number of carbonyl (C=O) groups is 2. The van der Waals surface area contributed by atoms with Gasteiger partial charge in [-0.15, -0.1) is 6.42 Å². The predicted molar refractivity (Wildman–Crippen MR) is 79.1 cm³/mol. The number of ether oxygens (including phenoxy) is 1. The van der Waals surface area contributed by atoms with Crippen molar-refractivity contribution in [2.45, 2.75) is 13.0 Å². The number of para-hydroxylation sites is 1. The minimum atomic E-state index is -0.714. The van der Waals surface area contributed by atoms with Gasteiger partial charge in [0.15, 0.2) is 6.10 Å². The number of benzene rings is 1. The summed E-state index contributed by atoms with van der Waals surface area (Å²) in [6.07, 6.45) is 4.29. The summed E-state index contributed by atoms with van der Waals surface area (Å²) in [4.78, 5) is 23.0. The molecule has 1 rings (SSSR count). The zero-order chi connectivity index (χ0) is 15.0. The van der Waals surface area contributed by atoms with Crippen LogP contribution in [0.25, 0.3) is 0 Å². The van der Waals surface area contributed by atoms with Crippen LogP contribution in [-0.2, 0) is 9.59 Å². The molecule has 0 heterocycles. The van der Waals surface area contributed by atoms with Crippen LogP contribution in [-0.4, -0.2) is 31.0 Å². The van der Waals surface area contributed by atoms with E-state index in [1.54, 1.807) is 19.1 Å². The number of hydrogen-bond donors (Lipinski definition) is 2. The lowest BCUT2D eigenvalue weighted by molar-refractivity contribution is -0.130. The molecule has 0 aliphatic rings. The third kappa shape index (κ3) is 5.33. The van der Waals surface area contributed by atoms with E-state index in [0.29, 0.717) is 5.75 Å². The second-order valence-corrected chi connectivity index (χ2v) is 4.74. The van der Waals surface area contributed by atoms with E-state index in [1.807, 2.05) is 12.1 Å². The molecule has 0 unspecified atom stereocenters. The fourth-order valence-electron chi connectivity index (χ4n) is 1.31. The van der Waals surface area contributed by atoms with E-state index in [9.17, 15) is 9.59 Å². The van der Waals surface area contributed by atoms with E-state index in [1.165, 1.54) is 0 Å². The van der Waals surface area contributed by atoms with Crippen molar-refractivity contribution < 1.29 is 14.3 Å². The van der Waals surface area contributed by atoms with Crippen LogP contribution < -0.4 is 15.4 Å². The molecule has 0 fully saturated rings. The highest BCUT2D eigenvalue weighted by molar-refractivity contribution is 9.10. The molecule has 106 valence electrons. The number of rotatable bonds is 6. The van der Waals surface area contributed by atoms with Gasteiger partial charge in [0.25, 0.3) is 5.91 Å². The monoisotopic (exact) mass is 338 g/mol. The Bertz CT molecular complexity index is 525. The number of amides is 2. The Balaban J connectivity index is 2.42. The molecule has 6 heteroatoms. The first kappa shape index (κ1) is 16.1. The van der Waals surface area contributed by atoms with Gasteiger partial charge in [0.05, 0.1) is 17.6 Å². The zero-order valence-electron chi connectivity index (χ0n) is 11.0. The lowest BCUT2D eigenvalue weighted by Crippen LogP contribution is -2.42. The van der Waals surface area contributed by atoms with Crippen molar-refractivity contribution in [2.24, 2.45) is 0 Å². The fourth-order valence-corrected chi connectivity index (χ4v) is 1.69. The van der Waals surface area contributed by atoms with Crippen LogP contribution in [0.4, 0.5) is 0 Å². The van der Waals surface area contributed by atoms with Crippen LogP contribution in [0.5, 0.6) is 5.75 Å². The maximum absolute atomic E-state index is 11.8. The standard InChI is InChI=1S/C14H15BrN2O3/c1-3-8-16-13(18)9-17-14(19)10(2)20-12-7-5-4-6-11(12)15/h1,4-7,10H,8-9H2,2H3,(H,16,18)(H,17,19)/t10-/m1/s1. The number of terminal acetylenes is 1. The zero-order valence-corrected chi connectivity index (χ0v) is 12.6. The van der Waals surface area contributed by atoms with Crippen LogP contribution in [0.2, 0.25) is 0 Å². The van der Waals surface area contributed by atoms with Crippen LogP contribution >= 0.6 is 15.9 Å². The molecule has 0 spiro atoms. The van der Waals surface area contributed by atoms with Gasteiger partial charge in [0.2, 0.25) is 5.91 Å². The Labute approximate surface area is 126 Å².